The van der Waals surface area contributed by atoms with Gasteiger partial charge in [-0.1, -0.05) is 20.8 Å². The molecule has 2 aromatic heterocycles. The molecule has 0 aliphatic carbocycles. The molecular formula is C13H21N7S. The maximum atomic E-state index is 4.71. The Bertz CT molecular complexity index is 630. The second kappa shape index (κ2) is 5.97. The third-order valence-corrected chi connectivity index (χ3v) is 4.00. The number of aromatic nitrogens is 6. The van der Waals surface area contributed by atoms with Gasteiger partial charge in [-0.15, -0.1) is 5.10 Å². The van der Waals surface area contributed by atoms with Gasteiger partial charge in [-0.25, -0.2) is 14.6 Å². The van der Waals surface area contributed by atoms with Gasteiger partial charge in [-0.3, -0.25) is 0 Å². The Labute approximate surface area is 129 Å². The molecule has 1 N–H and O–H groups in total. The van der Waals surface area contributed by atoms with Crippen LogP contribution in [0, 0.1) is 6.92 Å². The summed E-state index contributed by atoms with van der Waals surface area (Å²) in [6.45, 7) is 11.2. The van der Waals surface area contributed by atoms with Gasteiger partial charge in [-0.2, -0.15) is 0 Å². The summed E-state index contributed by atoms with van der Waals surface area (Å²) in [5, 5.41) is 16.4. The zero-order valence-electron chi connectivity index (χ0n) is 13.3. The van der Waals surface area contributed by atoms with E-state index < -0.39 is 0 Å². The molecular weight excluding hydrogens is 286 g/mol. The first-order valence-corrected chi connectivity index (χ1v) is 7.67. The third kappa shape index (κ3) is 3.49. The average Bonchev–Trinajstić information content (AvgIpc) is 2.78. The lowest BCUT2D eigenvalue weighted by atomic mass is 9.95. The highest BCUT2D eigenvalue weighted by molar-refractivity contribution is 7.99. The largest absolute Gasteiger partial charge is 0.370 e. The first-order valence-electron chi connectivity index (χ1n) is 6.86. The Morgan fingerprint density at radius 3 is 2.48 bits per heavy atom. The molecule has 0 spiro atoms. The van der Waals surface area contributed by atoms with Gasteiger partial charge in [0.25, 0.3) is 0 Å². The lowest BCUT2D eigenvalue weighted by molar-refractivity contribution is 0.538. The van der Waals surface area contributed by atoms with E-state index >= 15 is 0 Å². The zero-order valence-corrected chi connectivity index (χ0v) is 14.1. The highest BCUT2D eigenvalue weighted by Gasteiger charge is 2.22. The number of nitrogens with zero attached hydrogens (tertiary/aromatic N) is 6. The van der Waals surface area contributed by atoms with Crippen molar-refractivity contribution in [2.75, 3.05) is 11.9 Å². The molecule has 2 rings (SSSR count). The number of anilines is 1. The van der Waals surface area contributed by atoms with Crippen molar-refractivity contribution < 1.29 is 0 Å². The van der Waals surface area contributed by atoms with Gasteiger partial charge in [-0.05, 0) is 36.0 Å². The molecule has 0 saturated carbocycles. The summed E-state index contributed by atoms with van der Waals surface area (Å²) in [4.78, 5) is 9.36. The van der Waals surface area contributed by atoms with Crippen molar-refractivity contribution in [1.29, 1.82) is 0 Å². The summed E-state index contributed by atoms with van der Waals surface area (Å²) in [7, 11) is 1.81. The van der Waals surface area contributed by atoms with E-state index in [1.807, 2.05) is 14.0 Å². The maximum Gasteiger partial charge on any atom is 0.215 e. The Morgan fingerprint density at radius 2 is 1.95 bits per heavy atom. The normalized spacial score (nSPS) is 11.7. The SMILES string of the molecule is CCNc1nc(C(C)(C)C)nc(Sc2nnnn2C)c1C. The minimum atomic E-state index is -0.120. The van der Waals surface area contributed by atoms with E-state index in [1.165, 1.54) is 11.8 Å². The summed E-state index contributed by atoms with van der Waals surface area (Å²) in [6.07, 6.45) is 0. The molecule has 114 valence electrons. The maximum absolute atomic E-state index is 4.71. The molecule has 2 aromatic rings. The Balaban J connectivity index is 2.48. The van der Waals surface area contributed by atoms with Crippen molar-refractivity contribution in [2.45, 2.75) is 50.2 Å². The first kappa shape index (κ1) is 15.7. The van der Waals surface area contributed by atoms with Crippen molar-refractivity contribution in [2.24, 2.45) is 7.05 Å². The van der Waals surface area contributed by atoms with Crippen LogP contribution in [-0.4, -0.2) is 36.7 Å². The molecule has 7 nitrogen and oxygen atoms in total. The van der Waals surface area contributed by atoms with Gasteiger partial charge in [0.2, 0.25) is 5.16 Å². The summed E-state index contributed by atoms with van der Waals surface area (Å²) < 4.78 is 1.63. The quantitative estimate of drug-likeness (QED) is 0.867. The van der Waals surface area contributed by atoms with E-state index in [0.717, 1.165) is 28.8 Å². The fraction of sp³-hybridized carbons (Fsp3) is 0.615. The van der Waals surface area contributed by atoms with E-state index in [1.54, 1.807) is 4.68 Å². The van der Waals surface area contributed by atoms with E-state index in [2.05, 4.69) is 53.5 Å². The highest BCUT2D eigenvalue weighted by atomic mass is 32.2. The van der Waals surface area contributed by atoms with Crippen LogP contribution in [0.3, 0.4) is 0 Å². The lowest BCUT2D eigenvalue weighted by Gasteiger charge is -2.20. The van der Waals surface area contributed by atoms with Crippen molar-refractivity contribution in [3.05, 3.63) is 11.4 Å². The van der Waals surface area contributed by atoms with Crippen LogP contribution >= 0.6 is 11.8 Å². The summed E-state index contributed by atoms with van der Waals surface area (Å²) in [6, 6.07) is 0. The van der Waals surface area contributed by atoms with E-state index in [-0.39, 0.29) is 5.41 Å². The van der Waals surface area contributed by atoms with Crippen LogP contribution < -0.4 is 5.32 Å². The fourth-order valence-corrected chi connectivity index (χ4v) is 2.47. The van der Waals surface area contributed by atoms with Gasteiger partial charge in [0.15, 0.2) is 0 Å². The minimum absolute atomic E-state index is 0.120. The average molecular weight is 307 g/mol. The topological polar surface area (TPSA) is 81.4 Å². The predicted octanol–water partition coefficient (Wildman–Crippen LogP) is 2.19. The predicted molar refractivity (Wildman–Crippen MR) is 82.6 cm³/mol. The van der Waals surface area contributed by atoms with Gasteiger partial charge >= 0.3 is 0 Å². The number of nitrogens with one attached hydrogen (secondary N) is 1. The van der Waals surface area contributed by atoms with Crippen molar-refractivity contribution in [1.82, 2.24) is 30.2 Å². The molecule has 0 aliphatic rings. The molecule has 0 saturated heterocycles. The fourth-order valence-electron chi connectivity index (χ4n) is 1.66. The molecule has 2 heterocycles. The van der Waals surface area contributed by atoms with Crippen LogP contribution in [0.15, 0.2) is 10.2 Å². The van der Waals surface area contributed by atoms with Gasteiger partial charge < -0.3 is 5.32 Å². The summed E-state index contributed by atoms with van der Waals surface area (Å²) >= 11 is 1.45. The first-order chi connectivity index (χ1) is 9.82. The minimum Gasteiger partial charge on any atom is -0.370 e. The van der Waals surface area contributed by atoms with Crippen molar-refractivity contribution in [3.63, 3.8) is 0 Å². The van der Waals surface area contributed by atoms with Gasteiger partial charge in [0.1, 0.15) is 16.7 Å². The smallest absolute Gasteiger partial charge is 0.215 e. The number of rotatable bonds is 4. The van der Waals surface area contributed by atoms with Gasteiger partial charge in [0.05, 0.1) is 0 Å². The van der Waals surface area contributed by atoms with Crippen molar-refractivity contribution in [3.8, 4) is 0 Å². The Kier molecular flexibility index (Phi) is 4.46. The second-order valence-corrected chi connectivity index (χ2v) is 6.75. The number of hydrogen-bond donors (Lipinski definition) is 1. The van der Waals surface area contributed by atoms with Crippen molar-refractivity contribution >= 4 is 17.6 Å². The molecule has 0 atom stereocenters. The molecule has 0 aromatic carbocycles. The van der Waals surface area contributed by atoms with E-state index in [0.29, 0.717) is 5.16 Å². The summed E-state index contributed by atoms with van der Waals surface area (Å²) in [5.74, 6) is 1.68. The number of tetrazole rings is 1. The summed E-state index contributed by atoms with van der Waals surface area (Å²) in [5.41, 5.74) is 0.892. The zero-order chi connectivity index (χ0) is 15.6. The highest BCUT2D eigenvalue weighted by Crippen LogP contribution is 2.32. The molecule has 0 radical (unpaired) electrons. The molecule has 0 fully saturated rings. The molecule has 8 heteroatoms. The van der Waals surface area contributed by atoms with Crippen LogP contribution in [0.5, 0.6) is 0 Å². The standard InChI is InChI=1S/C13H21N7S/c1-7-14-9-8(2)10(16-11(15-9)13(3,4)5)21-12-17-18-19-20(12)6/h7H2,1-6H3,(H,14,15,16). The number of hydrogen-bond acceptors (Lipinski definition) is 7. The monoisotopic (exact) mass is 307 g/mol. The van der Waals surface area contributed by atoms with Crippen LogP contribution in [0.2, 0.25) is 0 Å². The molecule has 21 heavy (non-hydrogen) atoms. The van der Waals surface area contributed by atoms with Crippen LogP contribution in [0.4, 0.5) is 5.82 Å². The van der Waals surface area contributed by atoms with E-state index in [4.69, 9.17) is 4.98 Å². The van der Waals surface area contributed by atoms with Gasteiger partial charge in [0, 0.05) is 24.6 Å². The Hall–Kier alpha value is -1.70. The lowest BCUT2D eigenvalue weighted by Crippen LogP contribution is -2.19. The number of aryl methyl sites for hydroxylation is 1. The van der Waals surface area contributed by atoms with Crippen LogP contribution in [0.1, 0.15) is 39.1 Å². The van der Waals surface area contributed by atoms with Crippen LogP contribution in [-0.2, 0) is 12.5 Å². The Morgan fingerprint density at radius 1 is 1.24 bits per heavy atom. The second-order valence-electron chi connectivity index (χ2n) is 5.79. The van der Waals surface area contributed by atoms with E-state index in [9.17, 15) is 0 Å². The molecule has 0 amide bonds. The third-order valence-electron chi connectivity index (χ3n) is 2.89. The molecule has 0 aliphatic heterocycles. The molecule has 0 unspecified atom stereocenters. The van der Waals surface area contributed by atoms with Crippen LogP contribution in [0.25, 0.3) is 0 Å². The molecule has 0 bridgehead atoms.